The molecule has 0 aliphatic carbocycles. The molecule has 0 spiro atoms. The van der Waals surface area contributed by atoms with E-state index in [-0.39, 0.29) is 0 Å². The van der Waals surface area contributed by atoms with E-state index in [2.05, 4.69) is 44.7 Å². The van der Waals surface area contributed by atoms with Crippen LogP contribution in [0.15, 0.2) is 12.4 Å². The Hall–Kier alpha value is -0.790. The third kappa shape index (κ3) is 21.5. The number of aromatic nitrogens is 2. The van der Waals surface area contributed by atoms with E-state index in [9.17, 15) is 0 Å². The number of hydrogen-bond acceptors (Lipinski definition) is 1. The zero-order valence-electron chi connectivity index (χ0n) is 28.9. The summed E-state index contributed by atoms with van der Waals surface area (Å²) >= 11 is 0. The summed E-state index contributed by atoms with van der Waals surface area (Å²) in [5, 5.41) is 0. The largest absolute Gasteiger partial charge is 0.332 e. The lowest BCUT2D eigenvalue weighted by molar-refractivity contribution is 0.412. The second kappa shape index (κ2) is 29.3. The van der Waals surface area contributed by atoms with Crippen molar-refractivity contribution in [3.8, 4) is 0 Å². The molecule has 0 aliphatic rings. The molecule has 0 saturated heterocycles. The summed E-state index contributed by atoms with van der Waals surface area (Å²) in [6.45, 7) is 9.39. The minimum atomic E-state index is 0.589. The molecule has 1 rings (SSSR count). The van der Waals surface area contributed by atoms with E-state index < -0.39 is 0 Å². The average Bonchev–Trinajstić information content (AvgIpc) is 3.47. The Morgan fingerprint density at radius 2 is 0.780 bits per heavy atom. The highest BCUT2D eigenvalue weighted by atomic mass is 15.1. The maximum atomic E-state index is 5.00. The van der Waals surface area contributed by atoms with Gasteiger partial charge in [0.1, 0.15) is 5.82 Å². The fourth-order valence-corrected chi connectivity index (χ4v) is 6.71. The molecule has 2 heteroatoms. The first-order valence-electron chi connectivity index (χ1n) is 19.3. The predicted molar refractivity (Wildman–Crippen MR) is 185 cm³/mol. The van der Waals surface area contributed by atoms with Crippen LogP contribution in [0.3, 0.4) is 0 Å². The third-order valence-electron chi connectivity index (χ3n) is 9.58. The van der Waals surface area contributed by atoms with Crippen LogP contribution >= 0.6 is 0 Å². The number of imidazole rings is 1. The summed E-state index contributed by atoms with van der Waals surface area (Å²) in [5.74, 6) is 2.07. The van der Waals surface area contributed by atoms with E-state index in [0.29, 0.717) is 12.0 Å². The van der Waals surface area contributed by atoms with Gasteiger partial charge in [-0.05, 0) is 26.2 Å². The molecule has 2 atom stereocenters. The van der Waals surface area contributed by atoms with E-state index in [1.165, 1.54) is 198 Å². The summed E-state index contributed by atoms with van der Waals surface area (Å²) in [6, 6.07) is 0.589. The normalized spacial score (nSPS) is 13.2. The zero-order chi connectivity index (χ0) is 29.6. The Morgan fingerprint density at radius 3 is 1.15 bits per heavy atom. The maximum absolute atomic E-state index is 5.00. The van der Waals surface area contributed by atoms with Crippen molar-refractivity contribution in [3.63, 3.8) is 0 Å². The Balaban J connectivity index is 2.41. The van der Waals surface area contributed by atoms with Gasteiger partial charge in [-0.25, -0.2) is 4.98 Å². The van der Waals surface area contributed by atoms with Crippen LogP contribution in [0.25, 0.3) is 0 Å². The Morgan fingerprint density at radius 1 is 0.463 bits per heavy atom. The highest BCUT2D eigenvalue weighted by Gasteiger charge is 2.19. The van der Waals surface area contributed by atoms with Gasteiger partial charge < -0.3 is 4.57 Å². The number of hydrogen-bond donors (Lipinski definition) is 0. The quantitative estimate of drug-likeness (QED) is 0.0785. The van der Waals surface area contributed by atoms with Crippen molar-refractivity contribution in [1.29, 1.82) is 0 Å². The molecule has 1 aromatic heterocycles. The number of unbranched alkanes of at least 4 members (excludes halogenated alkanes) is 24. The highest BCUT2D eigenvalue weighted by Crippen LogP contribution is 2.31. The molecule has 242 valence electrons. The summed E-state index contributed by atoms with van der Waals surface area (Å²) in [4.78, 5) is 5.00. The fraction of sp³-hybridized carbons (Fsp3) is 0.923. The minimum Gasteiger partial charge on any atom is -0.332 e. The molecule has 0 fully saturated rings. The molecule has 2 unspecified atom stereocenters. The first kappa shape index (κ1) is 38.2. The van der Waals surface area contributed by atoms with Crippen LogP contribution in [-0.2, 0) is 0 Å². The number of nitrogens with zero attached hydrogens (tertiary/aromatic N) is 2. The maximum Gasteiger partial charge on any atom is 0.111 e. The smallest absolute Gasteiger partial charge is 0.111 e. The van der Waals surface area contributed by atoms with Gasteiger partial charge in [0.2, 0.25) is 0 Å². The van der Waals surface area contributed by atoms with Gasteiger partial charge in [-0.2, -0.15) is 0 Å². The molecular formula is C39H76N2. The molecular weight excluding hydrogens is 496 g/mol. The molecule has 0 bridgehead atoms. The van der Waals surface area contributed by atoms with Gasteiger partial charge >= 0.3 is 0 Å². The highest BCUT2D eigenvalue weighted by molar-refractivity contribution is 5.02. The van der Waals surface area contributed by atoms with Crippen LogP contribution in [0.2, 0.25) is 0 Å². The minimum absolute atomic E-state index is 0.589. The summed E-state index contributed by atoms with van der Waals surface area (Å²) in [5.41, 5.74) is 0. The molecule has 1 aromatic rings. The van der Waals surface area contributed by atoms with Crippen LogP contribution in [0.5, 0.6) is 0 Å². The van der Waals surface area contributed by atoms with Crippen molar-refractivity contribution in [3.05, 3.63) is 18.2 Å². The van der Waals surface area contributed by atoms with E-state index in [0.717, 1.165) is 0 Å². The summed E-state index contributed by atoms with van der Waals surface area (Å²) in [7, 11) is 0. The van der Waals surface area contributed by atoms with E-state index in [1.54, 1.807) is 0 Å². The third-order valence-corrected chi connectivity index (χ3v) is 9.58. The Bertz CT molecular complexity index is 635. The number of rotatable bonds is 32. The van der Waals surface area contributed by atoms with Crippen molar-refractivity contribution >= 4 is 0 Å². The lowest BCUT2D eigenvalue weighted by atomic mass is 9.92. The lowest BCUT2D eigenvalue weighted by Crippen LogP contribution is -2.13. The molecule has 0 saturated carbocycles. The van der Waals surface area contributed by atoms with Gasteiger partial charge in [0.25, 0.3) is 0 Å². The molecule has 0 N–H and O–H groups in total. The van der Waals surface area contributed by atoms with Gasteiger partial charge in [0, 0.05) is 24.4 Å². The topological polar surface area (TPSA) is 17.8 Å². The fourth-order valence-electron chi connectivity index (χ4n) is 6.71. The molecule has 0 radical (unpaired) electrons. The Kier molecular flexibility index (Phi) is 27.3. The van der Waals surface area contributed by atoms with Crippen molar-refractivity contribution in [1.82, 2.24) is 9.55 Å². The first-order chi connectivity index (χ1) is 20.2. The summed E-state index contributed by atoms with van der Waals surface area (Å²) < 4.78 is 2.58. The molecule has 2 nitrogen and oxygen atoms in total. The van der Waals surface area contributed by atoms with E-state index in [4.69, 9.17) is 4.98 Å². The standard InChI is InChI=1S/C39H76N2/c1-5-8-11-14-17-19-20-22-24-26-29-32-37(4)41-36-35-40-39(41)38(33-30-27-23-16-13-10-7-3)34-31-28-25-21-18-15-12-9-6-2/h35-38H,5-34H2,1-4H3. The molecule has 0 amide bonds. The van der Waals surface area contributed by atoms with Gasteiger partial charge in [-0.15, -0.1) is 0 Å². The van der Waals surface area contributed by atoms with Crippen molar-refractivity contribution in [2.75, 3.05) is 0 Å². The van der Waals surface area contributed by atoms with Gasteiger partial charge in [0.05, 0.1) is 0 Å². The molecule has 1 heterocycles. The zero-order valence-corrected chi connectivity index (χ0v) is 28.9. The second-order valence-corrected chi connectivity index (χ2v) is 13.6. The van der Waals surface area contributed by atoms with Crippen LogP contribution < -0.4 is 0 Å². The van der Waals surface area contributed by atoms with Crippen molar-refractivity contribution < 1.29 is 0 Å². The second-order valence-electron chi connectivity index (χ2n) is 13.6. The molecule has 0 aliphatic heterocycles. The van der Waals surface area contributed by atoms with Gasteiger partial charge in [0.15, 0.2) is 0 Å². The van der Waals surface area contributed by atoms with Crippen LogP contribution in [0.1, 0.15) is 238 Å². The monoisotopic (exact) mass is 573 g/mol. The van der Waals surface area contributed by atoms with Crippen molar-refractivity contribution in [2.45, 2.75) is 232 Å². The SMILES string of the molecule is CCCCCCCCCCCCCC(C)n1ccnc1C(CCCCCCCCC)CCCCCCCCCCC. The average molecular weight is 573 g/mol. The van der Waals surface area contributed by atoms with Crippen LogP contribution in [-0.4, -0.2) is 9.55 Å². The Labute approximate surface area is 259 Å². The predicted octanol–water partition coefficient (Wildman–Crippen LogP) is 14.3. The summed E-state index contributed by atoms with van der Waals surface area (Å²) in [6.07, 6.45) is 46.7. The van der Waals surface area contributed by atoms with Crippen LogP contribution in [0.4, 0.5) is 0 Å². The van der Waals surface area contributed by atoms with Crippen molar-refractivity contribution in [2.24, 2.45) is 0 Å². The van der Waals surface area contributed by atoms with E-state index in [1.807, 2.05) is 0 Å². The lowest BCUT2D eigenvalue weighted by Gasteiger charge is -2.22. The van der Waals surface area contributed by atoms with Gasteiger partial charge in [-0.3, -0.25) is 0 Å². The first-order valence-corrected chi connectivity index (χ1v) is 19.3. The molecule has 0 aromatic carbocycles. The van der Waals surface area contributed by atoms with E-state index >= 15 is 0 Å². The molecule has 41 heavy (non-hydrogen) atoms. The van der Waals surface area contributed by atoms with Crippen LogP contribution in [0, 0.1) is 0 Å². The van der Waals surface area contributed by atoms with Gasteiger partial charge in [-0.1, -0.05) is 194 Å².